The molecule has 0 aliphatic heterocycles. The Morgan fingerprint density at radius 1 is 1.43 bits per heavy atom. The first-order valence-corrected chi connectivity index (χ1v) is 4.66. The topological polar surface area (TPSA) is 21.3 Å². The lowest BCUT2D eigenvalue weighted by Crippen LogP contribution is -2.20. The Morgan fingerprint density at radius 2 is 2.21 bits per heavy atom. The maximum Gasteiger partial charge on any atom is 0.139 e. The zero-order chi connectivity index (χ0) is 10.2. The van der Waals surface area contributed by atoms with E-state index in [1.54, 1.807) is 0 Å². The summed E-state index contributed by atoms with van der Waals surface area (Å²) >= 11 is 4.21. The quantitative estimate of drug-likeness (QED) is 0.445. The van der Waals surface area contributed by atoms with Gasteiger partial charge in [0, 0.05) is 11.4 Å². The molecule has 0 aliphatic rings. The van der Waals surface area contributed by atoms with E-state index in [1.165, 1.54) is 6.08 Å². The predicted octanol–water partition coefficient (Wildman–Crippen LogP) is 2.38. The molecule has 1 N–H and O–H groups in total. The summed E-state index contributed by atoms with van der Waals surface area (Å²) in [6, 6.07) is 7.43. The van der Waals surface area contributed by atoms with E-state index in [-0.39, 0.29) is 0 Å². The molecule has 4 heteroatoms. The highest BCUT2D eigenvalue weighted by molar-refractivity contribution is 7.80. The molecular formula is C10H12FNOS. The molecule has 76 valence electrons. The molecule has 0 amide bonds. The summed E-state index contributed by atoms with van der Waals surface area (Å²) in [4.78, 5) is 0.787. The monoisotopic (exact) mass is 213 g/mol. The molecule has 1 aromatic rings. The highest BCUT2D eigenvalue weighted by atomic mass is 32.1. The van der Waals surface area contributed by atoms with Gasteiger partial charge in [0.2, 0.25) is 0 Å². The van der Waals surface area contributed by atoms with Crippen LogP contribution in [0.4, 0.5) is 4.39 Å². The third-order valence-electron chi connectivity index (χ3n) is 1.55. The van der Waals surface area contributed by atoms with E-state index in [0.717, 1.165) is 4.90 Å². The van der Waals surface area contributed by atoms with Gasteiger partial charge in [0.05, 0.1) is 6.33 Å². The van der Waals surface area contributed by atoms with E-state index in [4.69, 9.17) is 4.74 Å². The number of halogens is 1. The van der Waals surface area contributed by atoms with Gasteiger partial charge in [-0.1, -0.05) is 12.1 Å². The molecule has 0 saturated heterocycles. The highest BCUT2D eigenvalue weighted by Crippen LogP contribution is 2.20. The average Bonchev–Trinajstić information content (AvgIpc) is 2.20. The standard InChI is InChI=1S/C10H12FNOS/c11-6-3-7-12-8-13-9-4-1-2-5-10(9)14/h1-6,12,14H,7-8H2. The van der Waals surface area contributed by atoms with Crippen molar-refractivity contribution in [1.82, 2.24) is 5.32 Å². The van der Waals surface area contributed by atoms with Gasteiger partial charge in [-0.15, -0.1) is 12.6 Å². The summed E-state index contributed by atoms with van der Waals surface area (Å²) in [5.41, 5.74) is 0. The summed E-state index contributed by atoms with van der Waals surface area (Å²) in [7, 11) is 0. The van der Waals surface area contributed by atoms with Crippen molar-refractivity contribution in [2.75, 3.05) is 13.3 Å². The minimum absolute atomic E-state index is 0.335. The Labute approximate surface area is 88.2 Å². The number of thiol groups is 1. The molecule has 0 atom stereocenters. The van der Waals surface area contributed by atoms with Crippen LogP contribution in [-0.2, 0) is 0 Å². The van der Waals surface area contributed by atoms with Crippen LogP contribution in [0.15, 0.2) is 41.6 Å². The molecule has 14 heavy (non-hydrogen) atoms. The second kappa shape index (κ2) is 6.45. The molecule has 0 heterocycles. The van der Waals surface area contributed by atoms with Crippen LogP contribution < -0.4 is 10.1 Å². The number of rotatable bonds is 5. The van der Waals surface area contributed by atoms with Crippen molar-refractivity contribution in [2.45, 2.75) is 4.90 Å². The minimum atomic E-state index is 0.335. The summed E-state index contributed by atoms with van der Waals surface area (Å²) in [5, 5.41) is 2.88. The first-order chi connectivity index (χ1) is 6.84. The normalized spacial score (nSPS) is 10.7. The van der Waals surface area contributed by atoms with Crippen LogP contribution in [0.25, 0.3) is 0 Å². The smallest absolute Gasteiger partial charge is 0.139 e. The summed E-state index contributed by atoms with van der Waals surface area (Å²) in [6.45, 7) is 0.785. The number of nitrogens with one attached hydrogen (secondary N) is 1. The van der Waals surface area contributed by atoms with Crippen molar-refractivity contribution in [2.24, 2.45) is 0 Å². The molecule has 0 fully saturated rings. The molecule has 0 saturated carbocycles. The predicted molar refractivity (Wildman–Crippen MR) is 57.4 cm³/mol. The van der Waals surface area contributed by atoms with Crippen LogP contribution in [0.2, 0.25) is 0 Å². The van der Waals surface area contributed by atoms with Gasteiger partial charge in [-0.2, -0.15) is 0 Å². The number of hydrogen-bond acceptors (Lipinski definition) is 3. The van der Waals surface area contributed by atoms with Crippen molar-refractivity contribution in [3.05, 3.63) is 36.7 Å². The van der Waals surface area contributed by atoms with Crippen LogP contribution in [0.1, 0.15) is 0 Å². The Morgan fingerprint density at radius 3 is 2.93 bits per heavy atom. The fraction of sp³-hybridized carbons (Fsp3) is 0.200. The van der Waals surface area contributed by atoms with E-state index >= 15 is 0 Å². The van der Waals surface area contributed by atoms with Crippen molar-refractivity contribution in [3.8, 4) is 5.75 Å². The van der Waals surface area contributed by atoms with Crippen LogP contribution in [-0.4, -0.2) is 13.3 Å². The molecule has 1 aromatic carbocycles. The molecule has 2 nitrogen and oxygen atoms in total. The molecule has 0 aliphatic carbocycles. The third-order valence-corrected chi connectivity index (χ3v) is 1.92. The average molecular weight is 213 g/mol. The zero-order valence-corrected chi connectivity index (χ0v) is 8.51. The lowest BCUT2D eigenvalue weighted by atomic mass is 10.3. The Balaban J connectivity index is 2.28. The fourth-order valence-corrected chi connectivity index (χ4v) is 1.12. The van der Waals surface area contributed by atoms with E-state index in [2.05, 4.69) is 17.9 Å². The van der Waals surface area contributed by atoms with Crippen molar-refractivity contribution < 1.29 is 9.13 Å². The fourth-order valence-electron chi connectivity index (χ4n) is 0.895. The summed E-state index contributed by atoms with van der Waals surface area (Å²) in [6.07, 6.45) is 1.87. The Kier molecular flexibility index (Phi) is 5.11. The first-order valence-electron chi connectivity index (χ1n) is 4.21. The van der Waals surface area contributed by atoms with Crippen molar-refractivity contribution in [3.63, 3.8) is 0 Å². The lowest BCUT2D eigenvalue weighted by Gasteiger charge is -2.07. The molecule has 0 aromatic heterocycles. The van der Waals surface area contributed by atoms with Gasteiger partial charge in [0.1, 0.15) is 12.5 Å². The van der Waals surface area contributed by atoms with Crippen molar-refractivity contribution >= 4 is 12.6 Å². The summed E-state index contributed by atoms with van der Waals surface area (Å²) < 4.78 is 16.9. The second-order valence-electron chi connectivity index (χ2n) is 2.57. The summed E-state index contributed by atoms with van der Waals surface area (Å²) in [5.74, 6) is 0.715. The number of benzene rings is 1. The van der Waals surface area contributed by atoms with Gasteiger partial charge < -0.3 is 4.74 Å². The maximum absolute atomic E-state index is 11.5. The largest absolute Gasteiger partial charge is 0.477 e. The maximum atomic E-state index is 11.5. The first kappa shape index (κ1) is 11.1. The Hall–Kier alpha value is -1.00. The van der Waals surface area contributed by atoms with Crippen molar-refractivity contribution in [1.29, 1.82) is 0 Å². The van der Waals surface area contributed by atoms with Gasteiger partial charge >= 0.3 is 0 Å². The van der Waals surface area contributed by atoms with E-state index in [9.17, 15) is 4.39 Å². The lowest BCUT2D eigenvalue weighted by molar-refractivity contribution is 0.283. The minimum Gasteiger partial charge on any atom is -0.477 e. The third kappa shape index (κ3) is 3.81. The second-order valence-corrected chi connectivity index (χ2v) is 3.05. The molecule has 1 rings (SSSR count). The number of ether oxygens (including phenoxy) is 1. The molecular weight excluding hydrogens is 201 g/mol. The van der Waals surface area contributed by atoms with E-state index in [1.807, 2.05) is 24.3 Å². The van der Waals surface area contributed by atoms with Gasteiger partial charge in [0.25, 0.3) is 0 Å². The highest BCUT2D eigenvalue weighted by Gasteiger charge is 1.96. The van der Waals surface area contributed by atoms with E-state index in [0.29, 0.717) is 25.4 Å². The van der Waals surface area contributed by atoms with Crippen LogP contribution in [0.3, 0.4) is 0 Å². The van der Waals surface area contributed by atoms with E-state index < -0.39 is 0 Å². The van der Waals surface area contributed by atoms with Gasteiger partial charge in [-0.25, -0.2) is 4.39 Å². The van der Waals surface area contributed by atoms with Gasteiger partial charge in [-0.3, -0.25) is 5.32 Å². The number of para-hydroxylation sites is 1. The Bertz CT molecular complexity index is 304. The molecule has 0 spiro atoms. The van der Waals surface area contributed by atoms with Gasteiger partial charge in [0.15, 0.2) is 0 Å². The van der Waals surface area contributed by atoms with Crippen LogP contribution >= 0.6 is 12.6 Å². The van der Waals surface area contributed by atoms with Crippen LogP contribution in [0.5, 0.6) is 5.75 Å². The number of hydrogen-bond donors (Lipinski definition) is 2. The zero-order valence-electron chi connectivity index (χ0n) is 7.61. The molecule has 0 radical (unpaired) electrons. The van der Waals surface area contributed by atoms with Crippen LogP contribution in [0, 0.1) is 0 Å². The van der Waals surface area contributed by atoms with Gasteiger partial charge in [-0.05, 0) is 18.2 Å². The molecule has 0 unspecified atom stereocenters. The SMILES string of the molecule is FC=CCNCOc1ccccc1S. The molecule has 0 bridgehead atoms.